The highest BCUT2D eigenvalue weighted by molar-refractivity contribution is 7.89. The van der Waals surface area contributed by atoms with Gasteiger partial charge in [0.2, 0.25) is 15.9 Å². The molecule has 0 aliphatic carbocycles. The number of benzene rings is 1. The van der Waals surface area contributed by atoms with E-state index in [9.17, 15) is 18.0 Å². The van der Waals surface area contributed by atoms with Crippen molar-refractivity contribution in [3.8, 4) is 0 Å². The quantitative estimate of drug-likeness (QED) is 0.749. The third kappa shape index (κ3) is 5.81. The monoisotopic (exact) mass is 383 g/mol. The molecule has 0 unspecified atom stereocenters. The molecule has 0 atom stereocenters. The maximum Gasteiger partial charge on any atom is 0.252 e. The molecule has 0 aliphatic rings. The molecular formula is C18H29N3O4S. The highest BCUT2D eigenvalue weighted by Gasteiger charge is 2.23. The van der Waals surface area contributed by atoms with E-state index in [1.807, 2.05) is 20.8 Å². The highest BCUT2D eigenvalue weighted by Crippen LogP contribution is 2.19. The fourth-order valence-electron chi connectivity index (χ4n) is 2.44. The SMILES string of the molecule is CCN(CC)S(=O)(=O)c1ccc(C)c(C(=O)NCC(=O)NC(C)(C)C)c1. The van der Waals surface area contributed by atoms with E-state index in [-0.39, 0.29) is 22.9 Å². The summed E-state index contributed by atoms with van der Waals surface area (Å²) in [5, 5.41) is 5.29. The molecule has 0 aliphatic heterocycles. The van der Waals surface area contributed by atoms with Gasteiger partial charge < -0.3 is 10.6 Å². The topological polar surface area (TPSA) is 95.6 Å². The van der Waals surface area contributed by atoms with Gasteiger partial charge in [-0.3, -0.25) is 9.59 Å². The molecule has 0 spiro atoms. The van der Waals surface area contributed by atoms with Crippen LogP contribution in [0, 0.1) is 6.92 Å². The number of hydrogen-bond acceptors (Lipinski definition) is 4. The van der Waals surface area contributed by atoms with Gasteiger partial charge in [-0.1, -0.05) is 19.9 Å². The molecule has 1 rings (SSSR count). The van der Waals surface area contributed by atoms with Crippen molar-refractivity contribution in [3.05, 3.63) is 29.3 Å². The van der Waals surface area contributed by atoms with Gasteiger partial charge in [-0.15, -0.1) is 0 Å². The molecule has 8 heteroatoms. The van der Waals surface area contributed by atoms with Gasteiger partial charge in [0.15, 0.2) is 0 Å². The average molecular weight is 384 g/mol. The van der Waals surface area contributed by atoms with Crippen LogP contribution in [0.4, 0.5) is 0 Å². The summed E-state index contributed by atoms with van der Waals surface area (Å²) in [5.74, 6) is -0.793. The lowest BCUT2D eigenvalue weighted by atomic mass is 10.1. The lowest BCUT2D eigenvalue weighted by molar-refractivity contribution is -0.121. The summed E-state index contributed by atoms with van der Waals surface area (Å²) in [7, 11) is -3.66. The maximum absolute atomic E-state index is 12.6. The molecule has 0 saturated carbocycles. The predicted molar refractivity (Wildman–Crippen MR) is 102 cm³/mol. The molecule has 0 fully saturated rings. The number of nitrogens with zero attached hydrogens (tertiary/aromatic N) is 1. The molecule has 2 N–H and O–H groups in total. The summed E-state index contributed by atoms with van der Waals surface area (Å²) in [5.41, 5.74) is 0.481. The fraction of sp³-hybridized carbons (Fsp3) is 0.556. The number of carbonyl (C=O) groups is 2. The van der Waals surface area contributed by atoms with E-state index in [0.29, 0.717) is 18.7 Å². The van der Waals surface area contributed by atoms with E-state index in [1.54, 1.807) is 26.8 Å². The zero-order chi connectivity index (χ0) is 20.1. The average Bonchev–Trinajstić information content (AvgIpc) is 2.52. The fourth-order valence-corrected chi connectivity index (χ4v) is 3.92. The minimum absolute atomic E-state index is 0.0658. The van der Waals surface area contributed by atoms with Gasteiger partial charge in [-0.05, 0) is 45.4 Å². The van der Waals surface area contributed by atoms with Crippen LogP contribution in [0.25, 0.3) is 0 Å². The summed E-state index contributed by atoms with van der Waals surface area (Å²) in [6.45, 7) is 11.3. The van der Waals surface area contributed by atoms with Crippen LogP contribution in [0.1, 0.15) is 50.5 Å². The predicted octanol–water partition coefficient (Wildman–Crippen LogP) is 1.67. The normalized spacial score (nSPS) is 12.1. The van der Waals surface area contributed by atoms with E-state index >= 15 is 0 Å². The summed E-state index contributed by atoms with van der Waals surface area (Å²) in [4.78, 5) is 24.3. The van der Waals surface area contributed by atoms with E-state index in [0.717, 1.165) is 0 Å². The van der Waals surface area contributed by atoms with Crippen LogP contribution in [0.5, 0.6) is 0 Å². The van der Waals surface area contributed by atoms with E-state index in [2.05, 4.69) is 10.6 Å². The smallest absolute Gasteiger partial charge is 0.252 e. The second-order valence-corrected chi connectivity index (χ2v) is 8.98. The third-order valence-electron chi connectivity index (χ3n) is 3.72. The molecule has 1 aromatic rings. The molecule has 146 valence electrons. The third-order valence-corrected chi connectivity index (χ3v) is 5.77. The van der Waals surface area contributed by atoms with Crippen molar-refractivity contribution < 1.29 is 18.0 Å². The van der Waals surface area contributed by atoms with E-state index in [1.165, 1.54) is 16.4 Å². The first kappa shape index (κ1) is 22.1. The van der Waals surface area contributed by atoms with Crippen LogP contribution in [0.2, 0.25) is 0 Å². The zero-order valence-electron chi connectivity index (χ0n) is 16.3. The highest BCUT2D eigenvalue weighted by atomic mass is 32.2. The van der Waals surface area contributed by atoms with Crippen molar-refractivity contribution in [1.82, 2.24) is 14.9 Å². The second-order valence-electron chi connectivity index (χ2n) is 7.05. The number of sulfonamides is 1. The Morgan fingerprint density at radius 2 is 1.69 bits per heavy atom. The van der Waals surface area contributed by atoms with Gasteiger partial charge in [-0.2, -0.15) is 4.31 Å². The van der Waals surface area contributed by atoms with Crippen LogP contribution >= 0.6 is 0 Å². The van der Waals surface area contributed by atoms with Crippen molar-refractivity contribution in [2.45, 2.75) is 52.0 Å². The maximum atomic E-state index is 12.6. The van der Waals surface area contributed by atoms with Crippen LogP contribution in [0.15, 0.2) is 23.1 Å². The van der Waals surface area contributed by atoms with Gasteiger partial charge in [-0.25, -0.2) is 8.42 Å². The van der Waals surface area contributed by atoms with Gasteiger partial charge >= 0.3 is 0 Å². The van der Waals surface area contributed by atoms with Crippen molar-refractivity contribution in [2.75, 3.05) is 19.6 Å². The summed E-state index contributed by atoms with van der Waals surface area (Å²) >= 11 is 0. The Morgan fingerprint density at radius 3 is 2.19 bits per heavy atom. The van der Waals surface area contributed by atoms with Crippen molar-refractivity contribution in [1.29, 1.82) is 0 Å². The molecule has 7 nitrogen and oxygen atoms in total. The molecule has 0 saturated heterocycles. The first-order valence-corrected chi connectivity index (χ1v) is 10.1. The van der Waals surface area contributed by atoms with Crippen LogP contribution in [-0.4, -0.2) is 49.7 Å². The van der Waals surface area contributed by atoms with Crippen LogP contribution in [0.3, 0.4) is 0 Å². The molecule has 0 radical (unpaired) electrons. The Balaban J connectivity index is 3.00. The number of carbonyl (C=O) groups excluding carboxylic acids is 2. The Morgan fingerprint density at radius 1 is 1.12 bits per heavy atom. The van der Waals surface area contributed by atoms with Gasteiger partial charge in [0, 0.05) is 24.2 Å². The summed E-state index contributed by atoms with van der Waals surface area (Å²) in [6, 6.07) is 4.45. The Bertz CT molecular complexity index is 763. The van der Waals surface area contributed by atoms with E-state index in [4.69, 9.17) is 0 Å². The molecular weight excluding hydrogens is 354 g/mol. The second kappa shape index (κ2) is 8.64. The van der Waals surface area contributed by atoms with Crippen LogP contribution < -0.4 is 10.6 Å². The summed E-state index contributed by atoms with van der Waals surface area (Å²) < 4.78 is 26.6. The van der Waals surface area contributed by atoms with E-state index < -0.39 is 21.5 Å². The van der Waals surface area contributed by atoms with Gasteiger partial charge in [0.05, 0.1) is 11.4 Å². The molecule has 0 bridgehead atoms. The first-order valence-electron chi connectivity index (χ1n) is 8.62. The molecule has 0 aromatic heterocycles. The van der Waals surface area contributed by atoms with Gasteiger partial charge in [0.1, 0.15) is 0 Å². The summed E-state index contributed by atoms with van der Waals surface area (Å²) in [6.07, 6.45) is 0. The Kier molecular flexibility index (Phi) is 7.35. The lowest BCUT2D eigenvalue weighted by Crippen LogP contribution is -2.45. The largest absolute Gasteiger partial charge is 0.350 e. The Labute approximate surface area is 156 Å². The van der Waals surface area contributed by atoms with Crippen molar-refractivity contribution >= 4 is 21.8 Å². The van der Waals surface area contributed by atoms with Crippen molar-refractivity contribution in [3.63, 3.8) is 0 Å². The lowest BCUT2D eigenvalue weighted by Gasteiger charge is -2.21. The number of nitrogens with one attached hydrogen (secondary N) is 2. The van der Waals surface area contributed by atoms with Crippen LogP contribution in [-0.2, 0) is 14.8 Å². The number of aryl methyl sites for hydroxylation is 1. The molecule has 1 aromatic carbocycles. The zero-order valence-corrected chi connectivity index (χ0v) is 17.2. The van der Waals surface area contributed by atoms with Gasteiger partial charge in [0.25, 0.3) is 5.91 Å². The molecule has 2 amide bonds. The minimum Gasteiger partial charge on any atom is -0.350 e. The Hall–Kier alpha value is -1.93. The first-order chi connectivity index (χ1) is 11.9. The number of rotatable bonds is 7. The standard InChI is InChI=1S/C18H29N3O4S/c1-7-21(8-2)26(24,25)14-10-9-13(3)15(11-14)17(23)19-12-16(22)20-18(4,5)6/h9-11H,7-8,12H2,1-6H3,(H,19,23)(H,20,22). The molecule has 26 heavy (non-hydrogen) atoms. The number of amides is 2. The van der Waals surface area contributed by atoms with Crippen molar-refractivity contribution in [2.24, 2.45) is 0 Å². The minimum atomic E-state index is -3.66. The molecule has 0 heterocycles. The number of hydrogen-bond donors (Lipinski definition) is 2.